The van der Waals surface area contributed by atoms with Gasteiger partial charge in [-0.3, -0.25) is 4.79 Å². The molecule has 0 amide bonds. The van der Waals surface area contributed by atoms with Crippen LogP contribution in [0.1, 0.15) is 56.3 Å². The second-order valence-electron chi connectivity index (χ2n) is 10.4. The Bertz CT molecular complexity index is 1140. The van der Waals surface area contributed by atoms with Crippen LogP contribution in [0, 0.1) is 5.92 Å². The normalized spacial score (nSPS) is 14.8. The number of benzene rings is 2. The smallest absolute Gasteiger partial charge is 0.293 e. The Morgan fingerprint density at radius 3 is 2.31 bits per heavy atom. The molecule has 35 heavy (non-hydrogen) atoms. The third-order valence-corrected chi connectivity index (χ3v) is 6.70. The second kappa shape index (κ2) is 11.1. The van der Waals surface area contributed by atoms with Crippen LogP contribution in [0.15, 0.2) is 59.4 Å². The number of methoxy groups -OCH3 is 1. The second-order valence-corrected chi connectivity index (χ2v) is 10.4. The third kappa shape index (κ3) is 6.51. The summed E-state index contributed by atoms with van der Waals surface area (Å²) < 4.78 is 11.2. The van der Waals surface area contributed by atoms with Gasteiger partial charge in [0, 0.05) is 32.3 Å². The molecular formula is C29H37N3O3. The maximum atomic E-state index is 12.8. The minimum absolute atomic E-state index is 0.166. The summed E-state index contributed by atoms with van der Waals surface area (Å²) in [7, 11) is 1.60. The van der Waals surface area contributed by atoms with Gasteiger partial charge in [0.25, 0.3) is 5.56 Å². The van der Waals surface area contributed by atoms with E-state index in [4.69, 9.17) is 14.5 Å². The van der Waals surface area contributed by atoms with Gasteiger partial charge in [0.05, 0.1) is 6.61 Å². The number of piperidine rings is 1. The molecule has 1 aromatic heterocycles. The van der Waals surface area contributed by atoms with E-state index in [2.05, 4.69) is 54.9 Å². The molecule has 4 rings (SSSR count). The molecule has 1 fully saturated rings. The predicted molar refractivity (Wildman–Crippen MR) is 140 cm³/mol. The molecule has 0 saturated carbocycles. The molecule has 6 nitrogen and oxygen atoms in total. The van der Waals surface area contributed by atoms with Crippen LogP contribution in [0.3, 0.4) is 0 Å². The van der Waals surface area contributed by atoms with Crippen LogP contribution in [0.2, 0.25) is 0 Å². The fraction of sp³-hybridized carbons (Fsp3) is 0.448. The first-order chi connectivity index (χ1) is 16.8. The van der Waals surface area contributed by atoms with Gasteiger partial charge in [0.15, 0.2) is 0 Å². The summed E-state index contributed by atoms with van der Waals surface area (Å²) in [5.74, 6) is 1.43. The van der Waals surface area contributed by atoms with E-state index in [0.29, 0.717) is 24.0 Å². The molecule has 1 saturated heterocycles. The van der Waals surface area contributed by atoms with Crippen LogP contribution in [0.4, 0.5) is 5.69 Å². The standard InChI is InChI=1S/C29H37N3O3/c1-29(2,3)23-10-12-24(13-11-23)32-16-14-21(15-17-32)18-26-30-25(20-34-4)27(28(33)31-26)35-19-22-8-6-5-7-9-22/h5-13,21H,14-20H2,1-4H3,(H,30,31,33). The molecule has 1 aliphatic heterocycles. The summed E-state index contributed by atoms with van der Waals surface area (Å²) in [6.45, 7) is 9.30. The monoisotopic (exact) mass is 475 g/mol. The molecule has 6 heteroatoms. The van der Waals surface area contributed by atoms with Gasteiger partial charge in [-0.05, 0) is 47.4 Å². The van der Waals surface area contributed by atoms with Gasteiger partial charge in [0.1, 0.15) is 18.1 Å². The number of aromatic nitrogens is 2. The van der Waals surface area contributed by atoms with Crippen LogP contribution >= 0.6 is 0 Å². The Morgan fingerprint density at radius 1 is 1.00 bits per heavy atom. The van der Waals surface area contributed by atoms with Gasteiger partial charge >= 0.3 is 0 Å². The first kappa shape index (κ1) is 25.0. The van der Waals surface area contributed by atoms with Crippen LogP contribution in [0.5, 0.6) is 5.75 Å². The Hall–Kier alpha value is -3.12. The number of H-pyrrole nitrogens is 1. The van der Waals surface area contributed by atoms with E-state index >= 15 is 0 Å². The van der Waals surface area contributed by atoms with E-state index in [1.165, 1.54) is 11.3 Å². The highest BCUT2D eigenvalue weighted by Gasteiger charge is 2.22. The summed E-state index contributed by atoms with van der Waals surface area (Å²) in [5.41, 5.74) is 4.12. The van der Waals surface area contributed by atoms with Crippen molar-refractivity contribution in [2.24, 2.45) is 5.92 Å². The molecule has 186 valence electrons. The number of nitrogens with zero attached hydrogens (tertiary/aromatic N) is 2. The number of ether oxygens (including phenoxy) is 2. The van der Waals surface area contributed by atoms with Crippen molar-refractivity contribution < 1.29 is 9.47 Å². The molecule has 0 bridgehead atoms. The van der Waals surface area contributed by atoms with Gasteiger partial charge < -0.3 is 19.4 Å². The van der Waals surface area contributed by atoms with Crippen molar-refractivity contribution in [3.05, 3.63) is 87.6 Å². The average Bonchev–Trinajstić information content (AvgIpc) is 2.84. The first-order valence-corrected chi connectivity index (χ1v) is 12.5. The number of rotatable bonds is 8. The van der Waals surface area contributed by atoms with E-state index in [0.717, 1.165) is 37.9 Å². The molecular weight excluding hydrogens is 438 g/mol. The first-order valence-electron chi connectivity index (χ1n) is 12.5. The molecule has 0 radical (unpaired) electrons. The van der Waals surface area contributed by atoms with E-state index in [1.807, 2.05) is 30.3 Å². The summed E-state index contributed by atoms with van der Waals surface area (Å²) in [4.78, 5) is 23.0. The van der Waals surface area contributed by atoms with Crippen molar-refractivity contribution in [1.29, 1.82) is 0 Å². The quantitative estimate of drug-likeness (QED) is 0.482. The van der Waals surface area contributed by atoms with Gasteiger partial charge in [-0.15, -0.1) is 0 Å². The van der Waals surface area contributed by atoms with Gasteiger partial charge in [-0.25, -0.2) is 4.98 Å². The molecule has 0 unspecified atom stereocenters. The van der Waals surface area contributed by atoms with E-state index < -0.39 is 0 Å². The highest BCUT2D eigenvalue weighted by atomic mass is 16.5. The molecule has 0 spiro atoms. The maximum absolute atomic E-state index is 12.8. The Morgan fingerprint density at radius 2 is 1.69 bits per heavy atom. The maximum Gasteiger partial charge on any atom is 0.293 e. The lowest BCUT2D eigenvalue weighted by Crippen LogP contribution is -2.34. The van der Waals surface area contributed by atoms with E-state index in [9.17, 15) is 4.79 Å². The highest BCUT2D eigenvalue weighted by Crippen LogP contribution is 2.28. The molecule has 2 heterocycles. The molecule has 1 N–H and O–H groups in total. The zero-order valence-corrected chi connectivity index (χ0v) is 21.3. The van der Waals surface area contributed by atoms with E-state index in [-0.39, 0.29) is 23.3 Å². The third-order valence-electron chi connectivity index (χ3n) is 6.70. The van der Waals surface area contributed by atoms with Crippen LogP contribution in [-0.4, -0.2) is 30.2 Å². The molecule has 0 atom stereocenters. The molecule has 0 aliphatic carbocycles. The highest BCUT2D eigenvalue weighted by molar-refractivity contribution is 5.49. The fourth-order valence-electron chi connectivity index (χ4n) is 4.61. The van der Waals surface area contributed by atoms with Crippen molar-refractivity contribution in [2.45, 2.75) is 58.7 Å². The predicted octanol–water partition coefficient (Wildman–Crippen LogP) is 5.25. The van der Waals surface area contributed by atoms with Gasteiger partial charge in [-0.2, -0.15) is 0 Å². The fourth-order valence-corrected chi connectivity index (χ4v) is 4.61. The summed E-state index contributed by atoms with van der Waals surface area (Å²) in [6, 6.07) is 18.8. The Kier molecular flexibility index (Phi) is 7.91. The lowest BCUT2D eigenvalue weighted by molar-refractivity contribution is 0.174. The number of hydrogen-bond donors (Lipinski definition) is 1. The topological polar surface area (TPSA) is 67.5 Å². The lowest BCUT2D eigenvalue weighted by atomic mass is 9.87. The number of anilines is 1. The zero-order chi connectivity index (χ0) is 24.8. The van der Waals surface area contributed by atoms with Gasteiger partial charge in [0.2, 0.25) is 5.75 Å². The summed E-state index contributed by atoms with van der Waals surface area (Å²) in [6.07, 6.45) is 2.88. The van der Waals surface area contributed by atoms with E-state index in [1.54, 1.807) is 7.11 Å². The molecule has 2 aromatic carbocycles. The van der Waals surface area contributed by atoms with Crippen LogP contribution in [0.25, 0.3) is 0 Å². The minimum Gasteiger partial charge on any atom is -0.482 e. The number of nitrogens with one attached hydrogen (secondary N) is 1. The van der Waals surface area contributed by atoms with Crippen molar-refractivity contribution in [1.82, 2.24) is 9.97 Å². The number of aromatic amines is 1. The Labute approximate surface area is 208 Å². The minimum atomic E-state index is -0.241. The van der Waals surface area contributed by atoms with Crippen molar-refractivity contribution >= 4 is 5.69 Å². The van der Waals surface area contributed by atoms with Gasteiger partial charge in [-0.1, -0.05) is 63.2 Å². The SMILES string of the molecule is COCc1nc(CC2CCN(c3ccc(C(C)(C)C)cc3)CC2)[nH]c(=O)c1OCc1ccccc1. The summed E-state index contributed by atoms with van der Waals surface area (Å²) >= 11 is 0. The lowest BCUT2D eigenvalue weighted by Gasteiger charge is -2.34. The molecule has 1 aliphatic rings. The number of hydrogen-bond acceptors (Lipinski definition) is 5. The Balaban J connectivity index is 1.38. The van der Waals surface area contributed by atoms with Crippen molar-refractivity contribution in [2.75, 3.05) is 25.1 Å². The van der Waals surface area contributed by atoms with Crippen LogP contribution in [-0.2, 0) is 29.8 Å². The molecule has 3 aromatic rings. The van der Waals surface area contributed by atoms with Crippen molar-refractivity contribution in [3.63, 3.8) is 0 Å². The largest absolute Gasteiger partial charge is 0.482 e. The summed E-state index contributed by atoms with van der Waals surface area (Å²) in [5, 5.41) is 0. The zero-order valence-electron chi connectivity index (χ0n) is 21.3. The average molecular weight is 476 g/mol. The van der Waals surface area contributed by atoms with Crippen molar-refractivity contribution in [3.8, 4) is 5.75 Å². The van der Waals surface area contributed by atoms with Crippen LogP contribution < -0.4 is 15.2 Å².